The van der Waals surface area contributed by atoms with Crippen molar-refractivity contribution in [2.24, 2.45) is 0 Å². The molecular weight excluding hydrogens is 288 g/mol. The molecular formula is C24H22. The Hall–Kier alpha value is -2.34. The Morgan fingerprint density at radius 3 is 2.46 bits per heavy atom. The smallest absolute Gasteiger partial charge is 0.0110 e. The lowest BCUT2D eigenvalue weighted by molar-refractivity contribution is 0.542. The summed E-state index contributed by atoms with van der Waals surface area (Å²) in [5.41, 5.74) is 12.1. The minimum atomic E-state index is 0.573. The molecule has 0 spiro atoms. The number of hydrogen-bond acceptors (Lipinski definition) is 0. The molecule has 118 valence electrons. The lowest BCUT2D eigenvalue weighted by Crippen LogP contribution is -2.17. The summed E-state index contributed by atoms with van der Waals surface area (Å²) in [6.07, 6.45) is 2.42. The zero-order valence-electron chi connectivity index (χ0n) is 14.3. The van der Waals surface area contributed by atoms with Gasteiger partial charge in [0.05, 0.1) is 0 Å². The van der Waals surface area contributed by atoms with E-state index in [0.717, 1.165) is 0 Å². The van der Waals surface area contributed by atoms with Gasteiger partial charge in [-0.05, 0) is 71.6 Å². The Bertz CT molecular complexity index is 934. The van der Waals surface area contributed by atoms with Crippen LogP contribution in [0.25, 0.3) is 11.1 Å². The van der Waals surface area contributed by atoms with E-state index in [1.165, 1.54) is 40.7 Å². The predicted octanol–water partition coefficient (Wildman–Crippen LogP) is 6.15. The van der Waals surface area contributed by atoms with Crippen molar-refractivity contribution in [3.63, 3.8) is 0 Å². The van der Waals surface area contributed by atoms with E-state index in [-0.39, 0.29) is 0 Å². The second kappa shape index (κ2) is 5.08. The van der Waals surface area contributed by atoms with Crippen molar-refractivity contribution in [3.8, 4) is 11.1 Å². The molecule has 0 fully saturated rings. The summed E-state index contributed by atoms with van der Waals surface area (Å²) in [6, 6.07) is 22.8. The van der Waals surface area contributed by atoms with Gasteiger partial charge in [-0.15, -0.1) is 0 Å². The van der Waals surface area contributed by atoms with Crippen LogP contribution in [-0.2, 0) is 6.42 Å². The molecule has 2 unspecified atom stereocenters. The molecule has 0 N–H and O–H groups in total. The molecule has 0 aliphatic heterocycles. The first-order valence-electron chi connectivity index (χ1n) is 9.00. The highest BCUT2D eigenvalue weighted by molar-refractivity contribution is 5.81. The first-order chi connectivity index (χ1) is 11.7. The first-order valence-corrected chi connectivity index (χ1v) is 9.00. The molecule has 2 atom stereocenters. The lowest BCUT2D eigenvalue weighted by atomic mass is 9.72. The minimum absolute atomic E-state index is 0.573. The van der Waals surface area contributed by atoms with E-state index in [1.807, 2.05) is 0 Å². The summed E-state index contributed by atoms with van der Waals surface area (Å²) in [7, 11) is 0. The molecule has 0 saturated carbocycles. The van der Waals surface area contributed by atoms with Gasteiger partial charge in [-0.3, -0.25) is 0 Å². The summed E-state index contributed by atoms with van der Waals surface area (Å²) in [5.74, 6) is 1.20. The Morgan fingerprint density at radius 1 is 0.833 bits per heavy atom. The van der Waals surface area contributed by atoms with Crippen molar-refractivity contribution >= 4 is 0 Å². The van der Waals surface area contributed by atoms with Crippen molar-refractivity contribution in [2.75, 3.05) is 0 Å². The molecule has 2 aliphatic rings. The van der Waals surface area contributed by atoms with Crippen molar-refractivity contribution < 1.29 is 0 Å². The molecule has 0 nitrogen and oxygen atoms in total. The summed E-state index contributed by atoms with van der Waals surface area (Å²) in [5, 5.41) is 0. The van der Waals surface area contributed by atoms with Crippen LogP contribution in [-0.4, -0.2) is 0 Å². The fourth-order valence-corrected chi connectivity index (χ4v) is 4.89. The van der Waals surface area contributed by atoms with Gasteiger partial charge < -0.3 is 0 Å². The second-order valence-corrected chi connectivity index (χ2v) is 7.51. The number of aryl methyl sites for hydroxylation is 2. The number of hydrogen-bond donors (Lipinski definition) is 0. The summed E-state index contributed by atoms with van der Waals surface area (Å²) in [4.78, 5) is 0. The Morgan fingerprint density at radius 2 is 1.62 bits per heavy atom. The van der Waals surface area contributed by atoms with E-state index in [9.17, 15) is 0 Å². The monoisotopic (exact) mass is 310 g/mol. The number of benzene rings is 3. The van der Waals surface area contributed by atoms with Crippen LogP contribution in [0.4, 0.5) is 0 Å². The molecule has 0 saturated heterocycles. The Labute approximate surface area is 144 Å². The summed E-state index contributed by atoms with van der Waals surface area (Å²) in [6.45, 7) is 4.50. The zero-order chi connectivity index (χ0) is 16.3. The maximum Gasteiger partial charge on any atom is 0.0110 e. The van der Waals surface area contributed by atoms with Crippen LogP contribution in [0.3, 0.4) is 0 Å². The number of fused-ring (bicyclic) bond motifs is 3. The molecule has 3 aromatic carbocycles. The Balaban J connectivity index is 1.72. The van der Waals surface area contributed by atoms with Crippen LogP contribution in [0, 0.1) is 13.8 Å². The van der Waals surface area contributed by atoms with Crippen LogP contribution in [0.15, 0.2) is 60.7 Å². The molecule has 0 heteroatoms. The molecule has 2 aliphatic carbocycles. The average molecular weight is 310 g/mol. The lowest BCUT2D eigenvalue weighted by Gasteiger charge is -2.31. The molecule has 24 heavy (non-hydrogen) atoms. The van der Waals surface area contributed by atoms with Crippen LogP contribution < -0.4 is 0 Å². The third-order valence-electron chi connectivity index (χ3n) is 6.05. The Kier molecular flexibility index (Phi) is 2.97. The highest BCUT2D eigenvalue weighted by Gasteiger charge is 2.37. The summed E-state index contributed by atoms with van der Waals surface area (Å²) < 4.78 is 0. The topological polar surface area (TPSA) is 0 Å². The van der Waals surface area contributed by atoms with Crippen molar-refractivity contribution in [1.82, 2.24) is 0 Å². The van der Waals surface area contributed by atoms with Gasteiger partial charge in [0, 0.05) is 5.92 Å². The maximum atomic E-state index is 2.42. The molecule has 0 radical (unpaired) electrons. The number of rotatable bonds is 1. The van der Waals surface area contributed by atoms with Gasteiger partial charge in [0.15, 0.2) is 0 Å². The van der Waals surface area contributed by atoms with Gasteiger partial charge in [-0.25, -0.2) is 0 Å². The van der Waals surface area contributed by atoms with Crippen LogP contribution in [0.1, 0.15) is 51.6 Å². The second-order valence-electron chi connectivity index (χ2n) is 7.51. The maximum absolute atomic E-state index is 2.42. The molecule has 0 amide bonds. The van der Waals surface area contributed by atoms with E-state index in [4.69, 9.17) is 0 Å². The van der Waals surface area contributed by atoms with E-state index in [2.05, 4.69) is 74.5 Å². The van der Waals surface area contributed by atoms with Crippen molar-refractivity contribution in [3.05, 3.63) is 94.0 Å². The SMILES string of the molecule is Cc1ccc2c(c1)C1CC(c3ccccc3)Cc3c(C)ccc-2c31. The molecule has 0 bridgehead atoms. The molecule has 0 heterocycles. The molecule has 5 rings (SSSR count). The van der Waals surface area contributed by atoms with Gasteiger partial charge in [0.25, 0.3) is 0 Å². The van der Waals surface area contributed by atoms with E-state index < -0.39 is 0 Å². The van der Waals surface area contributed by atoms with Gasteiger partial charge >= 0.3 is 0 Å². The minimum Gasteiger partial charge on any atom is -0.0622 e. The van der Waals surface area contributed by atoms with E-state index >= 15 is 0 Å². The highest BCUT2D eigenvalue weighted by Crippen LogP contribution is 2.54. The largest absolute Gasteiger partial charge is 0.0622 e. The molecule has 0 aromatic heterocycles. The fraction of sp³-hybridized carbons (Fsp3) is 0.250. The van der Waals surface area contributed by atoms with Gasteiger partial charge in [-0.2, -0.15) is 0 Å². The van der Waals surface area contributed by atoms with Gasteiger partial charge in [0.1, 0.15) is 0 Å². The summed E-state index contributed by atoms with van der Waals surface area (Å²) >= 11 is 0. The quantitative estimate of drug-likeness (QED) is 0.506. The highest BCUT2D eigenvalue weighted by atomic mass is 14.4. The third kappa shape index (κ3) is 1.92. The van der Waals surface area contributed by atoms with Gasteiger partial charge in [0.2, 0.25) is 0 Å². The fourth-order valence-electron chi connectivity index (χ4n) is 4.89. The normalized spacial score (nSPS) is 20.6. The van der Waals surface area contributed by atoms with Crippen LogP contribution in [0.2, 0.25) is 0 Å². The van der Waals surface area contributed by atoms with Crippen LogP contribution >= 0.6 is 0 Å². The predicted molar refractivity (Wildman–Crippen MR) is 101 cm³/mol. The zero-order valence-corrected chi connectivity index (χ0v) is 14.3. The first kappa shape index (κ1) is 14.0. The average Bonchev–Trinajstić information content (AvgIpc) is 2.93. The molecule has 3 aromatic rings. The van der Waals surface area contributed by atoms with E-state index in [0.29, 0.717) is 11.8 Å². The van der Waals surface area contributed by atoms with Crippen LogP contribution in [0.5, 0.6) is 0 Å². The standard InChI is InChI=1S/C24H22/c1-15-8-10-19-20-11-9-16(2)21-13-18(17-6-4-3-5-7-17)14-23(24(20)21)22(19)12-15/h3-12,18,23H,13-14H2,1-2H3. The van der Waals surface area contributed by atoms with Crippen molar-refractivity contribution in [1.29, 1.82) is 0 Å². The van der Waals surface area contributed by atoms with E-state index in [1.54, 1.807) is 16.7 Å². The van der Waals surface area contributed by atoms with Gasteiger partial charge in [-0.1, -0.05) is 66.2 Å². The van der Waals surface area contributed by atoms with Crippen molar-refractivity contribution in [2.45, 2.75) is 38.5 Å². The third-order valence-corrected chi connectivity index (χ3v) is 6.05.